The molecule has 150 valence electrons. The van der Waals surface area contributed by atoms with Crippen molar-refractivity contribution in [3.05, 3.63) is 94.6 Å². The molecule has 0 unspecified atom stereocenters. The predicted molar refractivity (Wildman–Crippen MR) is 115 cm³/mol. The zero-order valence-corrected chi connectivity index (χ0v) is 16.8. The monoisotopic (exact) mass is 440 g/mol. The van der Waals surface area contributed by atoms with E-state index in [2.05, 4.69) is 15.7 Å². The van der Waals surface area contributed by atoms with Crippen molar-refractivity contribution >= 4 is 46.4 Å². The highest BCUT2D eigenvalue weighted by atomic mass is 35.5. The first-order valence-corrected chi connectivity index (χ1v) is 9.51. The Morgan fingerprint density at radius 1 is 0.900 bits per heavy atom. The number of carbonyl (C=O) groups excluding carboxylic acids is 2. The summed E-state index contributed by atoms with van der Waals surface area (Å²) in [6, 6.07) is 15.0. The van der Waals surface area contributed by atoms with Crippen LogP contribution in [0, 0.1) is 0 Å². The lowest BCUT2D eigenvalue weighted by molar-refractivity contribution is 0.0993. The van der Waals surface area contributed by atoms with Gasteiger partial charge in [0, 0.05) is 16.2 Å². The summed E-state index contributed by atoms with van der Waals surface area (Å²) in [5.74, 6) is -0.735. The van der Waals surface area contributed by atoms with E-state index in [0.717, 1.165) is 5.69 Å². The number of aromatic nitrogens is 2. The van der Waals surface area contributed by atoms with Gasteiger partial charge in [-0.1, -0.05) is 29.3 Å². The number of amides is 2. The quantitative estimate of drug-likeness (QED) is 0.441. The summed E-state index contributed by atoms with van der Waals surface area (Å²) in [6.45, 7) is 0. The van der Waals surface area contributed by atoms with E-state index < -0.39 is 11.8 Å². The Morgan fingerprint density at radius 2 is 1.70 bits per heavy atom. The van der Waals surface area contributed by atoms with Gasteiger partial charge in [-0.3, -0.25) is 9.59 Å². The van der Waals surface area contributed by atoms with Crippen LogP contribution in [0.5, 0.6) is 0 Å². The summed E-state index contributed by atoms with van der Waals surface area (Å²) in [5, 5.41) is 10.6. The van der Waals surface area contributed by atoms with Gasteiger partial charge in [-0.25, -0.2) is 4.68 Å². The highest BCUT2D eigenvalue weighted by molar-refractivity contribution is 6.31. The van der Waals surface area contributed by atoms with E-state index in [1.54, 1.807) is 47.3 Å². The maximum atomic E-state index is 12.7. The van der Waals surface area contributed by atoms with Gasteiger partial charge in [0.15, 0.2) is 5.76 Å². The molecular weight excluding hydrogens is 427 g/mol. The Morgan fingerprint density at radius 3 is 2.47 bits per heavy atom. The number of hydrogen-bond donors (Lipinski definition) is 2. The molecule has 0 atom stereocenters. The summed E-state index contributed by atoms with van der Waals surface area (Å²) in [4.78, 5) is 25.0. The van der Waals surface area contributed by atoms with Gasteiger partial charge in [-0.15, -0.1) is 0 Å². The summed E-state index contributed by atoms with van der Waals surface area (Å²) < 4.78 is 6.63. The van der Waals surface area contributed by atoms with Crippen LogP contribution in [0.2, 0.25) is 10.0 Å². The first kappa shape index (κ1) is 19.8. The lowest BCUT2D eigenvalue weighted by atomic mass is 10.2. The summed E-state index contributed by atoms with van der Waals surface area (Å²) in [6.07, 6.45) is 4.42. The smallest absolute Gasteiger partial charge is 0.291 e. The van der Waals surface area contributed by atoms with Crippen LogP contribution in [-0.2, 0) is 0 Å². The molecular formula is C21H14Cl2N4O3. The molecule has 0 saturated carbocycles. The summed E-state index contributed by atoms with van der Waals surface area (Å²) in [7, 11) is 0. The molecule has 0 radical (unpaired) electrons. The number of furan rings is 1. The first-order chi connectivity index (χ1) is 14.5. The van der Waals surface area contributed by atoms with Crippen LogP contribution in [0.25, 0.3) is 5.69 Å². The second-order valence-corrected chi connectivity index (χ2v) is 7.10. The van der Waals surface area contributed by atoms with Crippen LogP contribution in [0.1, 0.15) is 20.9 Å². The van der Waals surface area contributed by atoms with Crippen molar-refractivity contribution in [1.82, 2.24) is 9.78 Å². The molecule has 0 saturated heterocycles. The fourth-order valence-corrected chi connectivity index (χ4v) is 3.07. The molecule has 0 aliphatic heterocycles. The fraction of sp³-hybridized carbons (Fsp3) is 0. The van der Waals surface area contributed by atoms with Crippen molar-refractivity contribution < 1.29 is 14.0 Å². The third-order valence-electron chi connectivity index (χ3n) is 4.14. The van der Waals surface area contributed by atoms with Crippen molar-refractivity contribution in [1.29, 1.82) is 0 Å². The van der Waals surface area contributed by atoms with Crippen molar-refractivity contribution in [2.75, 3.05) is 10.6 Å². The Kier molecular flexibility index (Phi) is 5.56. The molecule has 30 heavy (non-hydrogen) atoms. The Hall–Kier alpha value is -3.55. The van der Waals surface area contributed by atoms with E-state index in [4.69, 9.17) is 27.6 Å². The predicted octanol–water partition coefficient (Wildman–Crippen LogP) is 5.28. The van der Waals surface area contributed by atoms with Gasteiger partial charge in [-0.05, 0) is 48.5 Å². The van der Waals surface area contributed by atoms with E-state index in [-0.39, 0.29) is 5.76 Å². The molecule has 2 heterocycles. The molecule has 4 aromatic rings. The topological polar surface area (TPSA) is 89.2 Å². The second-order valence-electron chi connectivity index (χ2n) is 6.23. The molecule has 0 aliphatic carbocycles. The van der Waals surface area contributed by atoms with E-state index in [1.165, 1.54) is 24.6 Å². The van der Waals surface area contributed by atoms with E-state index in [9.17, 15) is 9.59 Å². The largest absolute Gasteiger partial charge is 0.459 e. The number of carbonyl (C=O) groups is 2. The van der Waals surface area contributed by atoms with Crippen molar-refractivity contribution in [2.24, 2.45) is 0 Å². The third kappa shape index (κ3) is 4.37. The van der Waals surface area contributed by atoms with Crippen LogP contribution < -0.4 is 10.6 Å². The molecule has 2 aromatic carbocycles. The molecule has 9 heteroatoms. The average Bonchev–Trinajstić information content (AvgIpc) is 3.42. The minimum Gasteiger partial charge on any atom is -0.459 e. The lowest BCUT2D eigenvalue weighted by Gasteiger charge is -2.12. The minimum absolute atomic E-state index is 0.134. The van der Waals surface area contributed by atoms with Gasteiger partial charge in [0.05, 0.1) is 35.1 Å². The van der Waals surface area contributed by atoms with Gasteiger partial charge >= 0.3 is 0 Å². The molecule has 0 aliphatic rings. The third-order valence-corrected chi connectivity index (χ3v) is 4.61. The van der Waals surface area contributed by atoms with Crippen LogP contribution >= 0.6 is 23.2 Å². The number of halogens is 2. The number of nitrogens with one attached hydrogen (secondary N) is 2. The molecule has 2 N–H and O–H groups in total. The standard InChI is InChI=1S/C21H14Cl2N4O3/c22-14-3-1-4-16(9-14)27-12-13(11-24-27)20(28)25-17-7-6-15(23)10-18(17)26-21(29)19-5-2-8-30-19/h1-12H,(H,25,28)(H,26,29). The zero-order valence-electron chi connectivity index (χ0n) is 15.3. The number of anilines is 2. The van der Waals surface area contributed by atoms with Crippen LogP contribution in [0.4, 0.5) is 11.4 Å². The van der Waals surface area contributed by atoms with Crippen LogP contribution in [-0.4, -0.2) is 21.6 Å². The summed E-state index contributed by atoms with van der Waals surface area (Å²) >= 11 is 12.1. The fourth-order valence-electron chi connectivity index (χ4n) is 2.71. The number of nitrogens with zero attached hydrogens (tertiary/aromatic N) is 2. The van der Waals surface area contributed by atoms with Gasteiger partial charge in [-0.2, -0.15) is 5.10 Å². The van der Waals surface area contributed by atoms with Crippen molar-refractivity contribution in [3.8, 4) is 5.69 Å². The Balaban J connectivity index is 1.54. The van der Waals surface area contributed by atoms with Gasteiger partial charge in [0.1, 0.15) is 0 Å². The molecule has 2 aromatic heterocycles. The number of hydrogen-bond acceptors (Lipinski definition) is 4. The van der Waals surface area contributed by atoms with Crippen LogP contribution in [0.3, 0.4) is 0 Å². The van der Waals surface area contributed by atoms with E-state index >= 15 is 0 Å². The maximum absolute atomic E-state index is 12.7. The average molecular weight is 441 g/mol. The lowest BCUT2D eigenvalue weighted by Crippen LogP contribution is -2.16. The van der Waals surface area contributed by atoms with Crippen molar-refractivity contribution in [2.45, 2.75) is 0 Å². The zero-order chi connectivity index (χ0) is 21.1. The number of rotatable bonds is 5. The Bertz CT molecular complexity index is 1220. The summed E-state index contributed by atoms with van der Waals surface area (Å²) in [5.41, 5.74) is 1.76. The molecule has 0 fully saturated rings. The minimum atomic E-state index is -0.466. The normalized spacial score (nSPS) is 10.6. The highest BCUT2D eigenvalue weighted by Crippen LogP contribution is 2.27. The van der Waals surface area contributed by atoms with Gasteiger partial charge in [0.25, 0.3) is 11.8 Å². The highest BCUT2D eigenvalue weighted by Gasteiger charge is 2.16. The molecule has 4 rings (SSSR count). The van der Waals surface area contributed by atoms with Gasteiger partial charge in [0.2, 0.25) is 0 Å². The SMILES string of the molecule is O=C(Nc1ccc(Cl)cc1NC(=O)c1ccco1)c1cnn(-c2cccc(Cl)c2)c1. The van der Waals surface area contributed by atoms with E-state index in [0.29, 0.717) is 27.0 Å². The molecule has 7 nitrogen and oxygen atoms in total. The van der Waals surface area contributed by atoms with Crippen molar-refractivity contribution in [3.63, 3.8) is 0 Å². The maximum Gasteiger partial charge on any atom is 0.291 e. The Labute approximate surface area is 181 Å². The molecule has 2 amide bonds. The first-order valence-electron chi connectivity index (χ1n) is 8.76. The van der Waals surface area contributed by atoms with Crippen LogP contribution in [0.15, 0.2) is 77.7 Å². The second kappa shape index (κ2) is 8.44. The molecule has 0 spiro atoms. The van der Waals surface area contributed by atoms with E-state index in [1.807, 2.05) is 6.07 Å². The number of benzene rings is 2. The van der Waals surface area contributed by atoms with Gasteiger partial charge < -0.3 is 15.1 Å². The molecule has 0 bridgehead atoms.